The highest BCUT2D eigenvalue weighted by atomic mass is 79.9. The standard InChI is InChI=1S/C15H11BrN4/c1-10-8-15(18-9-11(10)16)20-13-5-3-2-4-12(13)19-14(20)6-7-17/h2-5,8-9H,6H2,1H3. The lowest BCUT2D eigenvalue weighted by Gasteiger charge is -2.08. The van der Waals surface area contributed by atoms with Crippen LogP contribution in [0.1, 0.15) is 11.4 Å². The summed E-state index contributed by atoms with van der Waals surface area (Å²) in [5.74, 6) is 1.49. The Morgan fingerprint density at radius 1 is 1.35 bits per heavy atom. The van der Waals surface area contributed by atoms with Gasteiger partial charge < -0.3 is 0 Å². The molecule has 3 rings (SSSR count). The van der Waals surface area contributed by atoms with Gasteiger partial charge in [-0.05, 0) is 46.6 Å². The number of hydrogen-bond acceptors (Lipinski definition) is 3. The minimum Gasteiger partial charge on any atom is -0.279 e. The number of benzene rings is 1. The van der Waals surface area contributed by atoms with Crippen molar-refractivity contribution < 1.29 is 0 Å². The van der Waals surface area contributed by atoms with Crippen LogP contribution in [0.2, 0.25) is 0 Å². The molecule has 0 radical (unpaired) electrons. The normalized spacial score (nSPS) is 10.7. The number of aryl methyl sites for hydroxylation is 1. The first-order chi connectivity index (χ1) is 9.70. The van der Waals surface area contributed by atoms with Crippen molar-refractivity contribution >= 4 is 27.0 Å². The summed E-state index contributed by atoms with van der Waals surface area (Å²) in [6.45, 7) is 2.01. The van der Waals surface area contributed by atoms with Gasteiger partial charge in [-0.2, -0.15) is 5.26 Å². The highest BCUT2D eigenvalue weighted by Gasteiger charge is 2.13. The van der Waals surface area contributed by atoms with E-state index in [9.17, 15) is 0 Å². The maximum atomic E-state index is 8.98. The molecule has 4 nitrogen and oxygen atoms in total. The van der Waals surface area contributed by atoms with Gasteiger partial charge in [0.25, 0.3) is 0 Å². The first-order valence-electron chi connectivity index (χ1n) is 6.16. The van der Waals surface area contributed by atoms with Crippen molar-refractivity contribution in [2.75, 3.05) is 0 Å². The summed E-state index contributed by atoms with van der Waals surface area (Å²) in [4.78, 5) is 8.96. The third-order valence-corrected chi connectivity index (χ3v) is 3.96. The van der Waals surface area contributed by atoms with E-state index < -0.39 is 0 Å². The molecule has 0 N–H and O–H groups in total. The van der Waals surface area contributed by atoms with E-state index in [0.29, 0.717) is 5.82 Å². The zero-order chi connectivity index (χ0) is 14.1. The average Bonchev–Trinajstić information content (AvgIpc) is 2.80. The van der Waals surface area contributed by atoms with E-state index in [1.54, 1.807) is 6.20 Å². The Morgan fingerprint density at radius 3 is 2.90 bits per heavy atom. The van der Waals surface area contributed by atoms with Crippen LogP contribution in [-0.2, 0) is 6.42 Å². The summed E-state index contributed by atoms with van der Waals surface area (Å²) >= 11 is 3.45. The van der Waals surface area contributed by atoms with Crippen molar-refractivity contribution in [3.8, 4) is 11.9 Å². The Bertz CT molecular complexity index is 829. The smallest absolute Gasteiger partial charge is 0.138 e. The topological polar surface area (TPSA) is 54.5 Å². The molecule has 98 valence electrons. The summed E-state index contributed by atoms with van der Waals surface area (Å²) in [7, 11) is 0. The van der Waals surface area contributed by atoms with E-state index in [4.69, 9.17) is 5.26 Å². The van der Waals surface area contributed by atoms with Crippen LogP contribution in [0.15, 0.2) is 41.0 Å². The zero-order valence-corrected chi connectivity index (χ0v) is 12.4. The van der Waals surface area contributed by atoms with Crippen molar-refractivity contribution in [2.45, 2.75) is 13.3 Å². The molecular weight excluding hydrogens is 316 g/mol. The monoisotopic (exact) mass is 326 g/mol. The summed E-state index contributed by atoms with van der Waals surface area (Å²) in [5.41, 5.74) is 2.93. The predicted octanol–water partition coefficient (Wildman–Crippen LogP) is 3.56. The molecule has 0 unspecified atom stereocenters. The van der Waals surface area contributed by atoms with Gasteiger partial charge in [0.2, 0.25) is 0 Å². The third-order valence-electron chi connectivity index (χ3n) is 3.13. The molecule has 0 bridgehead atoms. The molecule has 0 fully saturated rings. The molecule has 0 saturated carbocycles. The highest BCUT2D eigenvalue weighted by Crippen LogP contribution is 2.23. The first-order valence-corrected chi connectivity index (χ1v) is 6.96. The lowest BCUT2D eigenvalue weighted by Crippen LogP contribution is -2.03. The second-order valence-corrected chi connectivity index (χ2v) is 5.33. The minimum absolute atomic E-state index is 0.255. The Kier molecular flexibility index (Phi) is 3.25. The van der Waals surface area contributed by atoms with Crippen molar-refractivity contribution in [1.82, 2.24) is 14.5 Å². The Balaban J connectivity index is 2.30. The van der Waals surface area contributed by atoms with Gasteiger partial charge in [0.15, 0.2) is 0 Å². The number of halogens is 1. The van der Waals surface area contributed by atoms with Crippen LogP contribution in [0.3, 0.4) is 0 Å². The second kappa shape index (κ2) is 5.06. The number of aromatic nitrogens is 3. The molecule has 0 saturated heterocycles. The summed E-state index contributed by atoms with van der Waals surface area (Å²) < 4.78 is 2.91. The van der Waals surface area contributed by atoms with Crippen LogP contribution in [0.25, 0.3) is 16.9 Å². The molecule has 5 heteroatoms. The number of nitriles is 1. The molecule has 0 aliphatic carbocycles. The fourth-order valence-corrected chi connectivity index (χ4v) is 2.38. The molecular formula is C15H11BrN4. The quantitative estimate of drug-likeness (QED) is 0.723. The van der Waals surface area contributed by atoms with Crippen LogP contribution in [0.5, 0.6) is 0 Å². The molecule has 0 spiro atoms. The average molecular weight is 327 g/mol. The van der Waals surface area contributed by atoms with Crippen molar-refractivity contribution in [1.29, 1.82) is 5.26 Å². The lowest BCUT2D eigenvalue weighted by molar-refractivity contribution is 0.918. The molecule has 3 aromatic rings. The SMILES string of the molecule is Cc1cc(-n2c(CC#N)nc3ccccc32)ncc1Br. The van der Waals surface area contributed by atoms with Gasteiger partial charge in [0.05, 0.1) is 23.5 Å². The van der Waals surface area contributed by atoms with Gasteiger partial charge in [-0.1, -0.05) is 12.1 Å². The Labute approximate surface area is 124 Å². The summed E-state index contributed by atoms with van der Waals surface area (Å²) in [5, 5.41) is 8.98. The number of hydrogen-bond donors (Lipinski definition) is 0. The number of pyridine rings is 1. The molecule has 2 aromatic heterocycles. The van der Waals surface area contributed by atoms with Crippen LogP contribution in [0.4, 0.5) is 0 Å². The minimum atomic E-state index is 0.255. The van der Waals surface area contributed by atoms with E-state index in [1.165, 1.54) is 0 Å². The number of nitrogens with zero attached hydrogens (tertiary/aromatic N) is 4. The van der Waals surface area contributed by atoms with E-state index in [2.05, 4.69) is 32.0 Å². The number of fused-ring (bicyclic) bond motifs is 1. The first kappa shape index (κ1) is 12.8. The predicted molar refractivity (Wildman–Crippen MR) is 80.6 cm³/mol. The Morgan fingerprint density at radius 2 is 2.15 bits per heavy atom. The molecule has 0 amide bonds. The van der Waals surface area contributed by atoms with Crippen molar-refractivity contribution in [2.24, 2.45) is 0 Å². The fourth-order valence-electron chi connectivity index (χ4n) is 2.17. The van der Waals surface area contributed by atoms with Crippen molar-refractivity contribution in [3.63, 3.8) is 0 Å². The Hall–Kier alpha value is -2.19. The van der Waals surface area contributed by atoms with Crippen LogP contribution >= 0.6 is 15.9 Å². The maximum Gasteiger partial charge on any atom is 0.138 e. The molecule has 0 aliphatic rings. The molecule has 0 aliphatic heterocycles. The lowest BCUT2D eigenvalue weighted by atomic mass is 10.3. The van der Waals surface area contributed by atoms with Crippen molar-refractivity contribution in [3.05, 3.63) is 52.4 Å². The van der Waals surface area contributed by atoms with E-state index in [1.807, 2.05) is 41.8 Å². The van der Waals surface area contributed by atoms with E-state index >= 15 is 0 Å². The molecule has 2 heterocycles. The largest absolute Gasteiger partial charge is 0.279 e. The van der Waals surface area contributed by atoms with E-state index in [0.717, 1.165) is 26.9 Å². The van der Waals surface area contributed by atoms with Crippen LogP contribution in [0, 0.1) is 18.3 Å². The molecule has 0 atom stereocenters. The van der Waals surface area contributed by atoms with Gasteiger partial charge in [-0.15, -0.1) is 0 Å². The number of imidazole rings is 1. The third kappa shape index (κ3) is 2.08. The van der Waals surface area contributed by atoms with Gasteiger partial charge in [-0.25, -0.2) is 9.97 Å². The highest BCUT2D eigenvalue weighted by molar-refractivity contribution is 9.10. The second-order valence-electron chi connectivity index (χ2n) is 4.48. The van der Waals surface area contributed by atoms with Gasteiger partial charge in [0, 0.05) is 10.7 Å². The number of para-hydroxylation sites is 2. The fraction of sp³-hybridized carbons (Fsp3) is 0.133. The summed E-state index contributed by atoms with van der Waals surface area (Å²) in [6.07, 6.45) is 2.03. The zero-order valence-electron chi connectivity index (χ0n) is 10.8. The molecule has 1 aromatic carbocycles. The van der Waals surface area contributed by atoms with Gasteiger partial charge in [0.1, 0.15) is 11.6 Å². The molecule has 20 heavy (non-hydrogen) atoms. The maximum absolute atomic E-state index is 8.98. The summed E-state index contributed by atoms with van der Waals surface area (Å²) in [6, 6.07) is 12.0. The van der Waals surface area contributed by atoms with Gasteiger partial charge >= 0.3 is 0 Å². The number of rotatable bonds is 2. The van der Waals surface area contributed by atoms with Crippen LogP contribution in [-0.4, -0.2) is 14.5 Å². The van der Waals surface area contributed by atoms with Gasteiger partial charge in [-0.3, -0.25) is 4.57 Å². The van der Waals surface area contributed by atoms with Crippen LogP contribution < -0.4 is 0 Å². The van der Waals surface area contributed by atoms with E-state index in [-0.39, 0.29) is 6.42 Å².